The van der Waals surface area contributed by atoms with Gasteiger partial charge in [-0.3, -0.25) is 19.1 Å². The van der Waals surface area contributed by atoms with E-state index in [1.165, 1.54) is 0 Å². The maximum atomic E-state index is 11.3. The van der Waals surface area contributed by atoms with Crippen LogP contribution in [0.15, 0.2) is 12.7 Å². The molecular formula is C17H28O6. The molecule has 0 aromatic heterocycles. The zero-order chi connectivity index (χ0) is 16.8. The van der Waals surface area contributed by atoms with Crippen LogP contribution in [0.25, 0.3) is 0 Å². The highest BCUT2D eigenvalue weighted by molar-refractivity contribution is 5.69. The van der Waals surface area contributed by atoms with Crippen LogP contribution in [0, 0.1) is 0 Å². The van der Waals surface area contributed by atoms with Gasteiger partial charge < -0.3 is 9.47 Å². The first-order valence-electron chi connectivity index (χ1n) is 8.41. The molecule has 1 fully saturated rings. The van der Waals surface area contributed by atoms with Crippen LogP contribution < -0.4 is 0 Å². The first-order valence-corrected chi connectivity index (χ1v) is 8.41. The minimum Gasteiger partial charge on any atom is -0.461 e. The SMILES string of the molecule is C=CCOC(=O)CCCCCCCCCCC(=O)OC1OCO1. The topological polar surface area (TPSA) is 71.1 Å². The second kappa shape index (κ2) is 13.1. The largest absolute Gasteiger partial charge is 0.461 e. The Morgan fingerprint density at radius 2 is 1.43 bits per heavy atom. The summed E-state index contributed by atoms with van der Waals surface area (Å²) in [7, 11) is 0. The van der Waals surface area contributed by atoms with Crippen LogP contribution in [-0.2, 0) is 28.5 Å². The van der Waals surface area contributed by atoms with Crippen molar-refractivity contribution in [1.29, 1.82) is 0 Å². The van der Waals surface area contributed by atoms with Crippen LogP contribution in [0.2, 0.25) is 0 Å². The molecule has 0 atom stereocenters. The number of rotatable bonds is 14. The van der Waals surface area contributed by atoms with Gasteiger partial charge in [0, 0.05) is 12.8 Å². The van der Waals surface area contributed by atoms with Gasteiger partial charge in [0.1, 0.15) is 6.61 Å². The van der Waals surface area contributed by atoms with Gasteiger partial charge in [0.15, 0.2) is 6.79 Å². The summed E-state index contributed by atoms with van der Waals surface area (Å²) in [4.78, 5) is 22.6. The van der Waals surface area contributed by atoms with Crippen LogP contribution in [-0.4, -0.2) is 31.8 Å². The van der Waals surface area contributed by atoms with Gasteiger partial charge in [-0.1, -0.05) is 51.2 Å². The van der Waals surface area contributed by atoms with E-state index in [2.05, 4.69) is 6.58 Å². The lowest BCUT2D eigenvalue weighted by Crippen LogP contribution is -2.35. The molecule has 0 bridgehead atoms. The Balaban J connectivity index is 1.76. The third-order valence-corrected chi connectivity index (χ3v) is 3.51. The fourth-order valence-corrected chi connectivity index (χ4v) is 2.18. The van der Waals surface area contributed by atoms with Gasteiger partial charge >= 0.3 is 18.4 Å². The molecule has 1 aliphatic heterocycles. The van der Waals surface area contributed by atoms with Crippen LogP contribution in [0.3, 0.4) is 0 Å². The van der Waals surface area contributed by atoms with E-state index in [0.29, 0.717) is 19.4 Å². The first-order chi connectivity index (χ1) is 11.2. The number of ether oxygens (including phenoxy) is 4. The van der Waals surface area contributed by atoms with E-state index in [9.17, 15) is 9.59 Å². The van der Waals surface area contributed by atoms with Crippen molar-refractivity contribution in [1.82, 2.24) is 0 Å². The second-order valence-electron chi connectivity index (χ2n) is 5.53. The fourth-order valence-electron chi connectivity index (χ4n) is 2.18. The molecule has 1 aliphatic rings. The Morgan fingerprint density at radius 3 is 1.91 bits per heavy atom. The van der Waals surface area contributed by atoms with Crippen molar-refractivity contribution >= 4 is 11.9 Å². The van der Waals surface area contributed by atoms with Gasteiger partial charge in [0.05, 0.1) is 0 Å². The molecule has 0 saturated carbocycles. The molecule has 6 heteroatoms. The number of unbranched alkanes of at least 4 members (excludes halogenated alkanes) is 7. The summed E-state index contributed by atoms with van der Waals surface area (Å²) in [6, 6.07) is 0. The lowest BCUT2D eigenvalue weighted by molar-refractivity contribution is -0.406. The van der Waals surface area contributed by atoms with E-state index < -0.39 is 6.48 Å². The molecule has 0 aromatic rings. The van der Waals surface area contributed by atoms with Gasteiger partial charge in [0.25, 0.3) is 0 Å². The summed E-state index contributed by atoms with van der Waals surface area (Å²) in [6.07, 6.45) is 10.8. The highest BCUT2D eigenvalue weighted by atomic mass is 17.0. The molecule has 0 radical (unpaired) electrons. The molecule has 0 aliphatic carbocycles. The van der Waals surface area contributed by atoms with Crippen LogP contribution >= 0.6 is 0 Å². The normalized spacial score (nSPS) is 14.1. The molecule has 0 spiro atoms. The Labute approximate surface area is 138 Å². The zero-order valence-electron chi connectivity index (χ0n) is 13.8. The van der Waals surface area contributed by atoms with E-state index in [1.54, 1.807) is 6.08 Å². The predicted molar refractivity (Wildman–Crippen MR) is 84.2 cm³/mol. The van der Waals surface area contributed by atoms with Crippen molar-refractivity contribution in [2.45, 2.75) is 70.7 Å². The van der Waals surface area contributed by atoms with Gasteiger partial charge in [-0.2, -0.15) is 0 Å². The molecule has 1 heterocycles. The van der Waals surface area contributed by atoms with Crippen molar-refractivity contribution in [2.24, 2.45) is 0 Å². The Bertz CT molecular complexity index is 351. The summed E-state index contributed by atoms with van der Waals surface area (Å²) in [5.74, 6) is -0.410. The van der Waals surface area contributed by atoms with Crippen LogP contribution in [0.4, 0.5) is 0 Å². The van der Waals surface area contributed by atoms with Crippen molar-refractivity contribution in [2.75, 3.05) is 13.4 Å². The standard InChI is InChI=1S/C17H28O6/c1-2-13-20-15(18)11-9-7-5-3-4-6-8-10-12-16(19)23-17-21-14-22-17/h2,17H,1,3-14H2. The summed E-state index contributed by atoms with van der Waals surface area (Å²) in [5.41, 5.74) is 0. The lowest BCUT2D eigenvalue weighted by atomic mass is 10.1. The minimum absolute atomic E-state index is 0.144. The van der Waals surface area contributed by atoms with E-state index in [0.717, 1.165) is 51.4 Å². The number of hydrogen-bond donors (Lipinski definition) is 0. The van der Waals surface area contributed by atoms with Crippen molar-refractivity contribution in [3.63, 3.8) is 0 Å². The number of carbonyl (C=O) groups excluding carboxylic acids is 2. The third kappa shape index (κ3) is 10.9. The first kappa shape index (κ1) is 19.6. The monoisotopic (exact) mass is 328 g/mol. The molecule has 132 valence electrons. The smallest absolute Gasteiger partial charge is 0.322 e. The number of carbonyl (C=O) groups is 2. The average Bonchev–Trinajstić information content (AvgIpc) is 2.50. The number of esters is 2. The second-order valence-corrected chi connectivity index (χ2v) is 5.53. The molecule has 6 nitrogen and oxygen atoms in total. The molecule has 23 heavy (non-hydrogen) atoms. The summed E-state index contributed by atoms with van der Waals surface area (Å²) >= 11 is 0. The molecule has 1 saturated heterocycles. The molecule has 0 unspecified atom stereocenters. The van der Waals surface area contributed by atoms with Crippen molar-refractivity contribution < 1.29 is 28.5 Å². The van der Waals surface area contributed by atoms with E-state index in [-0.39, 0.29) is 18.7 Å². The maximum Gasteiger partial charge on any atom is 0.322 e. The van der Waals surface area contributed by atoms with Crippen molar-refractivity contribution in [3.8, 4) is 0 Å². The van der Waals surface area contributed by atoms with Crippen LogP contribution in [0.5, 0.6) is 0 Å². The van der Waals surface area contributed by atoms with E-state index in [4.69, 9.17) is 18.9 Å². The Hall–Kier alpha value is -1.40. The molecule has 0 aromatic carbocycles. The molecule has 0 N–H and O–H groups in total. The average molecular weight is 328 g/mol. The highest BCUT2D eigenvalue weighted by Crippen LogP contribution is 2.13. The summed E-state index contributed by atoms with van der Waals surface area (Å²) in [5, 5.41) is 0. The molecular weight excluding hydrogens is 300 g/mol. The molecule has 1 rings (SSSR count). The fraction of sp³-hybridized carbons (Fsp3) is 0.765. The Kier molecular flexibility index (Phi) is 11.2. The minimum atomic E-state index is -0.781. The zero-order valence-corrected chi connectivity index (χ0v) is 13.8. The predicted octanol–water partition coefficient (Wildman–Crippen LogP) is 3.45. The van der Waals surface area contributed by atoms with Crippen LogP contribution in [0.1, 0.15) is 64.2 Å². The summed E-state index contributed by atoms with van der Waals surface area (Å²) in [6.45, 7) is 3.22. The van der Waals surface area contributed by atoms with Gasteiger partial charge in [-0.25, -0.2) is 0 Å². The van der Waals surface area contributed by atoms with Gasteiger partial charge in [-0.15, -0.1) is 0 Å². The molecule has 0 amide bonds. The van der Waals surface area contributed by atoms with Gasteiger partial charge in [-0.05, 0) is 12.8 Å². The van der Waals surface area contributed by atoms with Crippen molar-refractivity contribution in [3.05, 3.63) is 12.7 Å². The van der Waals surface area contributed by atoms with E-state index >= 15 is 0 Å². The lowest BCUT2D eigenvalue weighted by Gasteiger charge is -2.25. The third-order valence-electron chi connectivity index (χ3n) is 3.51. The summed E-state index contributed by atoms with van der Waals surface area (Å²) < 4.78 is 19.4. The Morgan fingerprint density at radius 1 is 0.913 bits per heavy atom. The number of hydrogen-bond acceptors (Lipinski definition) is 6. The quantitative estimate of drug-likeness (QED) is 0.276. The van der Waals surface area contributed by atoms with E-state index in [1.807, 2.05) is 0 Å². The van der Waals surface area contributed by atoms with Gasteiger partial charge in [0.2, 0.25) is 0 Å². The highest BCUT2D eigenvalue weighted by Gasteiger charge is 2.22. The maximum absolute atomic E-state index is 11.3.